The molecule has 2 aromatic rings. The molecule has 3 heteroatoms. The molecule has 19 heavy (non-hydrogen) atoms. The van der Waals surface area contributed by atoms with Crippen molar-refractivity contribution in [1.29, 1.82) is 0 Å². The smallest absolute Gasteiger partial charge is 0.147 e. The number of hydrogen-bond acceptors (Lipinski definition) is 1. The molecule has 0 saturated carbocycles. The highest BCUT2D eigenvalue weighted by Gasteiger charge is 2.13. The average Bonchev–Trinajstić information content (AvgIpc) is 2.40. The molecular formula is C16H17BrFN. The molecule has 0 radical (unpaired) electrons. The van der Waals surface area contributed by atoms with Crippen LogP contribution in [-0.4, -0.2) is 0 Å². The van der Waals surface area contributed by atoms with Crippen molar-refractivity contribution < 1.29 is 4.39 Å². The number of para-hydroxylation sites is 1. The lowest BCUT2D eigenvalue weighted by Gasteiger charge is -2.20. The summed E-state index contributed by atoms with van der Waals surface area (Å²) in [4.78, 5) is 0. The summed E-state index contributed by atoms with van der Waals surface area (Å²) in [5.41, 5.74) is 2.92. The maximum atomic E-state index is 13.8. The Morgan fingerprint density at radius 1 is 1.16 bits per heavy atom. The van der Waals surface area contributed by atoms with E-state index in [9.17, 15) is 4.39 Å². The highest BCUT2D eigenvalue weighted by molar-refractivity contribution is 9.10. The zero-order valence-corrected chi connectivity index (χ0v) is 12.7. The van der Waals surface area contributed by atoms with E-state index in [2.05, 4.69) is 59.4 Å². The van der Waals surface area contributed by atoms with Crippen molar-refractivity contribution in [2.75, 3.05) is 5.32 Å². The fourth-order valence-corrected chi connectivity index (χ4v) is 2.49. The summed E-state index contributed by atoms with van der Waals surface area (Å²) in [6.45, 7) is 4.15. The predicted molar refractivity (Wildman–Crippen MR) is 81.9 cm³/mol. The van der Waals surface area contributed by atoms with Crippen LogP contribution >= 0.6 is 15.9 Å². The van der Waals surface area contributed by atoms with Gasteiger partial charge in [0.2, 0.25) is 0 Å². The summed E-state index contributed by atoms with van der Waals surface area (Å²) >= 11 is 3.39. The molecule has 100 valence electrons. The molecule has 0 spiro atoms. The van der Waals surface area contributed by atoms with E-state index in [0.717, 1.165) is 10.9 Å². The molecule has 0 aliphatic rings. The number of benzene rings is 2. The van der Waals surface area contributed by atoms with Gasteiger partial charge in [-0.05, 0) is 47.0 Å². The monoisotopic (exact) mass is 321 g/mol. The maximum Gasteiger partial charge on any atom is 0.147 e. The summed E-state index contributed by atoms with van der Waals surface area (Å²) < 4.78 is 14.6. The summed E-state index contributed by atoms with van der Waals surface area (Å²) in [6, 6.07) is 13.4. The molecule has 2 rings (SSSR count). The zero-order valence-electron chi connectivity index (χ0n) is 11.1. The first-order chi connectivity index (χ1) is 9.11. The van der Waals surface area contributed by atoms with Crippen molar-refractivity contribution >= 4 is 21.6 Å². The van der Waals surface area contributed by atoms with Crippen LogP contribution in [0.25, 0.3) is 0 Å². The molecule has 0 saturated heterocycles. The minimum absolute atomic E-state index is 0.105. The summed E-state index contributed by atoms with van der Waals surface area (Å²) in [5, 5.41) is 3.28. The first-order valence-electron chi connectivity index (χ1n) is 6.39. The molecule has 1 nitrogen and oxygen atoms in total. The molecule has 1 unspecified atom stereocenters. The molecule has 0 aliphatic carbocycles. The van der Waals surface area contributed by atoms with Crippen LogP contribution in [0.4, 0.5) is 10.1 Å². The van der Waals surface area contributed by atoms with E-state index in [0.29, 0.717) is 5.69 Å². The van der Waals surface area contributed by atoms with Crippen LogP contribution < -0.4 is 5.32 Å². The standard InChI is InChI=1S/C16H17BrFN/c1-3-15(12-9-7-11(2)8-10-12)19-16-13(17)5-4-6-14(16)18/h4-10,15,19H,3H2,1-2H3. The van der Waals surface area contributed by atoms with Crippen molar-refractivity contribution in [3.63, 3.8) is 0 Å². The van der Waals surface area contributed by atoms with Gasteiger partial charge in [0.15, 0.2) is 0 Å². The molecule has 0 aliphatic heterocycles. The van der Waals surface area contributed by atoms with Crippen molar-refractivity contribution in [3.05, 3.63) is 63.9 Å². The number of hydrogen-bond donors (Lipinski definition) is 1. The Morgan fingerprint density at radius 2 is 1.84 bits per heavy atom. The van der Waals surface area contributed by atoms with Crippen LogP contribution in [0.2, 0.25) is 0 Å². The number of anilines is 1. The Kier molecular flexibility index (Phi) is 4.59. The van der Waals surface area contributed by atoms with Crippen molar-refractivity contribution in [2.45, 2.75) is 26.3 Å². The van der Waals surface area contributed by atoms with E-state index in [-0.39, 0.29) is 11.9 Å². The second-order valence-corrected chi connectivity index (χ2v) is 5.47. The molecule has 1 atom stereocenters. The van der Waals surface area contributed by atoms with Crippen LogP contribution in [0.3, 0.4) is 0 Å². The van der Waals surface area contributed by atoms with Gasteiger partial charge >= 0.3 is 0 Å². The van der Waals surface area contributed by atoms with Crippen LogP contribution in [-0.2, 0) is 0 Å². The largest absolute Gasteiger partial charge is 0.375 e. The first-order valence-corrected chi connectivity index (χ1v) is 7.18. The van der Waals surface area contributed by atoms with Gasteiger partial charge in [-0.25, -0.2) is 4.39 Å². The Labute approximate surface area is 122 Å². The number of aryl methyl sites for hydroxylation is 1. The lowest BCUT2D eigenvalue weighted by atomic mass is 10.0. The average molecular weight is 322 g/mol. The Balaban J connectivity index is 2.26. The highest BCUT2D eigenvalue weighted by atomic mass is 79.9. The minimum Gasteiger partial charge on any atom is -0.375 e. The molecule has 0 fully saturated rings. The molecule has 0 amide bonds. The van der Waals surface area contributed by atoms with Gasteiger partial charge in [0, 0.05) is 4.47 Å². The third-order valence-electron chi connectivity index (χ3n) is 3.17. The Morgan fingerprint density at radius 3 is 2.42 bits per heavy atom. The third-order valence-corrected chi connectivity index (χ3v) is 3.83. The summed E-state index contributed by atoms with van der Waals surface area (Å²) in [5.74, 6) is -0.236. The van der Waals surface area contributed by atoms with Gasteiger partial charge in [-0.15, -0.1) is 0 Å². The molecule has 0 aromatic heterocycles. The van der Waals surface area contributed by atoms with Gasteiger partial charge in [-0.1, -0.05) is 42.8 Å². The van der Waals surface area contributed by atoms with E-state index in [4.69, 9.17) is 0 Å². The second-order valence-electron chi connectivity index (χ2n) is 4.61. The third kappa shape index (κ3) is 3.35. The summed E-state index contributed by atoms with van der Waals surface area (Å²) in [7, 11) is 0. The molecule has 1 N–H and O–H groups in total. The van der Waals surface area contributed by atoms with Crippen molar-refractivity contribution in [1.82, 2.24) is 0 Å². The fraction of sp³-hybridized carbons (Fsp3) is 0.250. The van der Waals surface area contributed by atoms with Gasteiger partial charge < -0.3 is 5.32 Å². The Hall–Kier alpha value is -1.35. The normalized spacial score (nSPS) is 12.2. The maximum absolute atomic E-state index is 13.8. The quantitative estimate of drug-likeness (QED) is 0.788. The van der Waals surface area contributed by atoms with Crippen molar-refractivity contribution in [3.8, 4) is 0 Å². The van der Waals surface area contributed by atoms with Gasteiger partial charge in [0.25, 0.3) is 0 Å². The molecule has 0 bridgehead atoms. The SMILES string of the molecule is CCC(Nc1c(F)cccc1Br)c1ccc(C)cc1. The number of rotatable bonds is 4. The van der Waals surface area contributed by atoms with E-state index >= 15 is 0 Å². The van der Waals surface area contributed by atoms with Gasteiger partial charge in [0.1, 0.15) is 5.82 Å². The number of nitrogens with one attached hydrogen (secondary N) is 1. The highest BCUT2D eigenvalue weighted by Crippen LogP contribution is 2.30. The molecular weight excluding hydrogens is 305 g/mol. The van der Waals surface area contributed by atoms with Crippen LogP contribution in [0.5, 0.6) is 0 Å². The fourth-order valence-electron chi connectivity index (χ4n) is 2.03. The lowest BCUT2D eigenvalue weighted by Crippen LogP contribution is -2.11. The van der Waals surface area contributed by atoms with Crippen LogP contribution in [0.15, 0.2) is 46.9 Å². The summed E-state index contributed by atoms with van der Waals surface area (Å²) in [6.07, 6.45) is 0.893. The zero-order chi connectivity index (χ0) is 13.8. The van der Waals surface area contributed by atoms with Crippen LogP contribution in [0, 0.1) is 12.7 Å². The minimum atomic E-state index is -0.236. The van der Waals surface area contributed by atoms with E-state index in [1.165, 1.54) is 17.2 Å². The number of halogens is 2. The van der Waals surface area contributed by atoms with Gasteiger partial charge in [0.05, 0.1) is 11.7 Å². The predicted octanol–water partition coefficient (Wildman–Crippen LogP) is 5.46. The van der Waals surface area contributed by atoms with E-state index < -0.39 is 0 Å². The Bertz CT molecular complexity index is 531. The van der Waals surface area contributed by atoms with Crippen molar-refractivity contribution in [2.24, 2.45) is 0 Å². The topological polar surface area (TPSA) is 12.0 Å². The lowest BCUT2D eigenvalue weighted by molar-refractivity contribution is 0.623. The van der Waals surface area contributed by atoms with Crippen LogP contribution in [0.1, 0.15) is 30.5 Å². The van der Waals surface area contributed by atoms with Gasteiger partial charge in [-0.3, -0.25) is 0 Å². The molecule has 2 aromatic carbocycles. The molecule has 0 heterocycles. The van der Waals surface area contributed by atoms with E-state index in [1.807, 2.05) is 6.07 Å². The first kappa shape index (κ1) is 14.1. The van der Waals surface area contributed by atoms with E-state index in [1.54, 1.807) is 6.07 Å². The second kappa shape index (κ2) is 6.20. The van der Waals surface area contributed by atoms with Gasteiger partial charge in [-0.2, -0.15) is 0 Å².